The Morgan fingerprint density at radius 1 is 1.06 bits per heavy atom. The maximum atomic E-state index is 6.20. The molecule has 0 amide bonds. The second-order valence-electron chi connectivity index (χ2n) is 4.50. The molecule has 94 valence electrons. The molecule has 0 spiro atoms. The van der Waals surface area contributed by atoms with Gasteiger partial charge in [-0.3, -0.25) is 0 Å². The fourth-order valence-electron chi connectivity index (χ4n) is 2.00. The van der Waals surface area contributed by atoms with E-state index in [4.69, 9.17) is 28.9 Å². The SMILES string of the molecule is Cc1cccc(CC(N)c2cc(Cl)cc(Cl)c2)c1. The number of aryl methyl sites for hydroxylation is 1. The van der Waals surface area contributed by atoms with Crippen LogP contribution in [0.25, 0.3) is 0 Å². The standard InChI is InChI=1S/C15H15Cl2N/c1-10-3-2-4-11(5-10)6-15(18)12-7-13(16)9-14(17)8-12/h2-5,7-9,15H,6,18H2,1H3. The normalized spacial score (nSPS) is 12.4. The van der Waals surface area contributed by atoms with Gasteiger partial charge in [-0.1, -0.05) is 53.0 Å². The Balaban J connectivity index is 2.19. The van der Waals surface area contributed by atoms with Crippen molar-refractivity contribution in [1.29, 1.82) is 0 Å². The number of halogens is 2. The lowest BCUT2D eigenvalue weighted by molar-refractivity contribution is 0.721. The Hall–Kier alpha value is -1.02. The Morgan fingerprint density at radius 2 is 1.72 bits per heavy atom. The van der Waals surface area contributed by atoms with Gasteiger partial charge in [0.1, 0.15) is 0 Å². The van der Waals surface area contributed by atoms with E-state index >= 15 is 0 Å². The molecule has 2 aromatic rings. The van der Waals surface area contributed by atoms with Crippen LogP contribution in [0.5, 0.6) is 0 Å². The zero-order valence-corrected chi connectivity index (χ0v) is 11.7. The van der Waals surface area contributed by atoms with Crippen molar-refractivity contribution >= 4 is 23.2 Å². The van der Waals surface area contributed by atoms with Gasteiger partial charge >= 0.3 is 0 Å². The highest BCUT2D eigenvalue weighted by Gasteiger charge is 2.09. The van der Waals surface area contributed by atoms with Crippen molar-refractivity contribution in [2.75, 3.05) is 0 Å². The molecule has 2 aromatic carbocycles. The van der Waals surface area contributed by atoms with E-state index in [0.717, 1.165) is 12.0 Å². The molecule has 0 heterocycles. The molecule has 0 saturated heterocycles. The Labute approximate surface area is 118 Å². The molecular weight excluding hydrogens is 265 g/mol. The van der Waals surface area contributed by atoms with E-state index in [1.807, 2.05) is 18.2 Å². The molecule has 18 heavy (non-hydrogen) atoms. The third-order valence-electron chi connectivity index (χ3n) is 2.85. The summed E-state index contributed by atoms with van der Waals surface area (Å²) in [5.41, 5.74) is 9.62. The van der Waals surface area contributed by atoms with Gasteiger partial charge in [-0.15, -0.1) is 0 Å². The van der Waals surface area contributed by atoms with Gasteiger partial charge in [-0.2, -0.15) is 0 Å². The van der Waals surface area contributed by atoms with E-state index in [-0.39, 0.29) is 6.04 Å². The molecule has 0 fully saturated rings. The highest BCUT2D eigenvalue weighted by Crippen LogP contribution is 2.24. The fraction of sp³-hybridized carbons (Fsp3) is 0.200. The monoisotopic (exact) mass is 279 g/mol. The smallest absolute Gasteiger partial charge is 0.0424 e. The average Bonchev–Trinajstić information content (AvgIpc) is 2.27. The lowest BCUT2D eigenvalue weighted by Crippen LogP contribution is -2.13. The minimum absolute atomic E-state index is 0.0944. The summed E-state index contributed by atoms with van der Waals surface area (Å²) in [5, 5.41) is 1.24. The summed E-state index contributed by atoms with van der Waals surface area (Å²) in [6.07, 6.45) is 0.776. The van der Waals surface area contributed by atoms with E-state index < -0.39 is 0 Å². The summed E-state index contributed by atoms with van der Waals surface area (Å²) in [5.74, 6) is 0. The molecule has 0 aliphatic heterocycles. The van der Waals surface area contributed by atoms with Crippen LogP contribution in [0.2, 0.25) is 10.0 Å². The first kappa shape index (κ1) is 13.4. The first-order chi connectivity index (χ1) is 8.54. The first-order valence-corrected chi connectivity index (χ1v) is 6.57. The molecular formula is C15H15Cl2N. The molecule has 2 rings (SSSR count). The van der Waals surface area contributed by atoms with Gasteiger partial charge in [0.15, 0.2) is 0 Å². The molecule has 1 unspecified atom stereocenters. The summed E-state index contributed by atoms with van der Waals surface area (Å²) in [6, 6.07) is 13.7. The largest absolute Gasteiger partial charge is 0.324 e. The molecule has 0 radical (unpaired) electrons. The first-order valence-electron chi connectivity index (χ1n) is 5.82. The number of nitrogens with two attached hydrogens (primary N) is 1. The number of rotatable bonds is 3. The number of benzene rings is 2. The molecule has 3 heteroatoms. The zero-order chi connectivity index (χ0) is 13.1. The Morgan fingerprint density at radius 3 is 2.33 bits per heavy atom. The third kappa shape index (κ3) is 3.49. The summed E-state index contributed by atoms with van der Waals surface area (Å²) in [7, 11) is 0. The molecule has 2 N–H and O–H groups in total. The Kier molecular flexibility index (Phi) is 4.28. The van der Waals surface area contributed by atoms with E-state index in [9.17, 15) is 0 Å². The summed E-state index contributed by atoms with van der Waals surface area (Å²) >= 11 is 12.0. The van der Waals surface area contributed by atoms with Crippen molar-refractivity contribution in [1.82, 2.24) is 0 Å². The van der Waals surface area contributed by atoms with Gasteiger partial charge in [0.25, 0.3) is 0 Å². The molecule has 0 aliphatic rings. The molecule has 1 nitrogen and oxygen atoms in total. The quantitative estimate of drug-likeness (QED) is 0.877. The molecule has 0 saturated carbocycles. The van der Waals surface area contributed by atoms with Gasteiger partial charge < -0.3 is 5.73 Å². The maximum absolute atomic E-state index is 6.20. The van der Waals surface area contributed by atoms with Crippen LogP contribution in [0.3, 0.4) is 0 Å². The number of hydrogen-bond donors (Lipinski definition) is 1. The van der Waals surface area contributed by atoms with Crippen molar-refractivity contribution in [2.24, 2.45) is 5.73 Å². The van der Waals surface area contributed by atoms with Crippen LogP contribution < -0.4 is 5.73 Å². The maximum Gasteiger partial charge on any atom is 0.0424 e. The minimum atomic E-state index is -0.0944. The zero-order valence-electron chi connectivity index (χ0n) is 10.2. The van der Waals surface area contributed by atoms with Crippen molar-refractivity contribution in [3.63, 3.8) is 0 Å². The highest BCUT2D eigenvalue weighted by atomic mass is 35.5. The lowest BCUT2D eigenvalue weighted by atomic mass is 9.99. The third-order valence-corrected chi connectivity index (χ3v) is 3.29. The topological polar surface area (TPSA) is 26.0 Å². The van der Waals surface area contributed by atoms with Crippen LogP contribution in [0.1, 0.15) is 22.7 Å². The van der Waals surface area contributed by atoms with Crippen molar-refractivity contribution in [3.05, 3.63) is 69.2 Å². The molecule has 1 atom stereocenters. The minimum Gasteiger partial charge on any atom is -0.324 e. The van der Waals surface area contributed by atoms with Crippen molar-refractivity contribution < 1.29 is 0 Å². The van der Waals surface area contributed by atoms with Gasteiger partial charge in [0, 0.05) is 16.1 Å². The average molecular weight is 280 g/mol. The van der Waals surface area contributed by atoms with Crippen molar-refractivity contribution in [2.45, 2.75) is 19.4 Å². The van der Waals surface area contributed by atoms with E-state index in [1.165, 1.54) is 11.1 Å². The second-order valence-corrected chi connectivity index (χ2v) is 5.38. The van der Waals surface area contributed by atoms with Crippen LogP contribution in [-0.2, 0) is 6.42 Å². The van der Waals surface area contributed by atoms with Gasteiger partial charge in [-0.05, 0) is 42.7 Å². The van der Waals surface area contributed by atoms with E-state index in [1.54, 1.807) is 6.07 Å². The van der Waals surface area contributed by atoms with E-state index in [2.05, 4.69) is 25.1 Å². The number of hydrogen-bond acceptors (Lipinski definition) is 1. The Bertz CT molecular complexity index is 532. The van der Waals surface area contributed by atoms with E-state index in [0.29, 0.717) is 10.0 Å². The van der Waals surface area contributed by atoms with Crippen LogP contribution in [0.4, 0.5) is 0 Å². The summed E-state index contributed by atoms with van der Waals surface area (Å²) in [6.45, 7) is 2.07. The van der Waals surface area contributed by atoms with Crippen LogP contribution >= 0.6 is 23.2 Å². The van der Waals surface area contributed by atoms with Crippen LogP contribution in [0.15, 0.2) is 42.5 Å². The molecule has 0 bridgehead atoms. The fourth-order valence-corrected chi connectivity index (χ4v) is 2.54. The molecule has 0 aromatic heterocycles. The van der Waals surface area contributed by atoms with Gasteiger partial charge in [-0.25, -0.2) is 0 Å². The second kappa shape index (κ2) is 5.75. The molecule has 0 aliphatic carbocycles. The van der Waals surface area contributed by atoms with Gasteiger partial charge in [0.05, 0.1) is 0 Å². The predicted molar refractivity (Wildman–Crippen MR) is 78.3 cm³/mol. The van der Waals surface area contributed by atoms with Crippen molar-refractivity contribution in [3.8, 4) is 0 Å². The van der Waals surface area contributed by atoms with Gasteiger partial charge in [0.2, 0.25) is 0 Å². The summed E-state index contributed by atoms with van der Waals surface area (Å²) < 4.78 is 0. The lowest BCUT2D eigenvalue weighted by Gasteiger charge is -2.13. The van der Waals surface area contributed by atoms with Crippen LogP contribution in [-0.4, -0.2) is 0 Å². The van der Waals surface area contributed by atoms with Crippen LogP contribution in [0, 0.1) is 6.92 Å². The summed E-state index contributed by atoms with van der Waals surface area (Å²) in [4.78, 5) is 0. The predicted octanol–water partition coefficient (Wildman–Crippen LogP) is 4.54. The highest BCUT2D eigenvalue weighted by molar-refractivity contribution is 6.34.